The van der Waals surface area contributed by atoms with Gasteiger partial charge in [0.1, 0.15) is 5.82 Å². The molecular weight excluding hydrogens is 162 g/mol. The molecule has 2 N–H and O–H groups in total. The van der Waals surface area contributed by atoms with E-state index in [1.807, 2.05) is 17.7 Å². The van der Waals surface area contributed by atoms with Gasteiger partial charge in [-0.25, -0.2) is 4.68 Å². The van der Waals surface area contributed by atoms with Gasteiger partial charge in [-0.2, -0.15) is 5.10 Å². The number of nitrogen functional groups attached to an aromatic ring is 1. The zero-order valence-corrected chi connectivity index (χ0v) is 8.49. The van der Waals surface area contributed by atoms with Crippen LogP contribution in [0.5, 0.6) is 0 Å². The van der Waals surface area contributed by atoms with Crippen molar-refractivity contribution in [1.29, 1.82) is 0 Å². The highest BCUT2D eigenvalue weighted by atomic mass is 15.3. The molecular formula is C10H17N3. The first-order chi connectivity index (χ1) is 6.09. The van der Waals surface area contributed by atoms with Crippen LogP contribution in [-0.4, -0.2) is 9.78 Å². The minimum absolute atomic E-state index is 0.462. The molecule has 1 heterocycles. The molecule has 0 aliphatic heterocycles. The maximum absolute atomic E-state index is 5.85. The average Bonchev–Trinajstić information content (AvgIpc) is 2.67. The molecule has 1 aliphatic rings. The minimum Gasteiger partial charge on any atom is -0.384 e. The van der Waals surface area contributed by atoms with Gasteiger partial charge < -0.3 is 5.73 Å². The number of hydrogen-bond donors (Lipinski definition) is 1. The number of aromatic nitrogens is 2. The Morgan fingerprint density at radius 2 is 2.31 bits per heavy atom. The molecule has 0 radical (unpaired) electrons. The fraction of sp³-hybridized carbons (Fsp3) is 0.700. The van der Waals surface area contributed by atoms with Gasteiger partial charge in [-0.3, -0.25) is 0 Å². The average molecular weight is 179 g/mol. The Kier molecular flexibility index (Phi) is 1.82. The Hall–Kier alpha value is -0.990. The normalized spacial score (nSPS) is 28.8. The number of anilines is 1. The lowest BCUT2D eigenvalue weighted by Crippen LogP contribution is -2.12. The Morgan fingerprint density at radius 3 is 2.69 bits per heavy atom. The van der Waals surface area contributed by atoms with Crippen LogP contribution in [0.3, 0.4) is 0 Å². The SMILES string of the molecule is Cc1cc(N)n(C(C)C2CC2C)n1. The van der Waals surface area contributed by atoms with Crippen LogP contribution in [0, 0.1) is 18.8 Å². The maximum atomic E-state index is 5.85. The summed E-state index contributed by atoms with van der Waals surface area (Å²) >= 11 is 0. The molecule has 1 fully saturated rings. The molecule has 0 bridgehead atoms. The van der Waals surface area contributed by atoms with Crippen molar-refractivity contribution in [3.05, 3.63) is 11.8 Å². The van der Waals surface area contributed by atoms with Gasteiger partial charge in [-0.05, 0) is 32.1 Å². The third kappa shape index (κ3) is 1.43. The van der Waals surface area contributed by atoms with Crippen molar-refractivity contribution in [2.75, 3.05) is 5.73 Å². The highest BCUT2D eigenvalue weighted by Crippen LogP contribution is 2.46. The van der Waals surface area contributed by atoms with Gasteiger partial charge in [0, 0.05) is 6.07 Å². The lowest BCUT2D eigenvalue weighted by molar-refractivity contribution is 0.427. The van der Waals surface area contributed by atoms with Gasteiger partial charge in [-0.15, -0.1) is 0 Å². The van der Waals surface area contributed by atoms with Crippen LogP contribution < -0.4 is 5.73 Å². The minimum atomic E-state index is 0.462. The Bertz CT molecular complexity index is 316. The van der Waals surface area contributed by atoms with Gasteiger partial charge in [0.15, 0.2) is 0 Å². The van der Waals surface area contributed by atoms with Crippen molar-refractivity contribution < 1.29 is 0 Å². The van der Waals surface area contributed by atoms with Crippen LogP contribution in [0.2, 0.25) is 0 Å². The molecule has 0 amide bonds. The van der Waals surface area contributed by atoms with Crippen molar-refractivity contribution >= 4 is 5.82 Å². The second-order valence-corrected chi connectivity index (χ2v) is 4.27. The maximum Gasteiger partial charge on any atom is 0.122 e. The smallest absolute Gasteiger partial charge is 0.122 e. The number of aryl methyl sites for hydroxylation is 1. The summed E-state index contributed by atoms with van der Waals surface area (Å²) in [6.07, 6.45) is 1.32. The van der Waals surface area contributed by atoms with E-state index in [1.165, 1.54) is 6.42 Å². The molecule has 1 aromatic heterocycles. The largest absolute Gasteiger partial charge is 0.384 e. The third-order valence-corrected chi connectivity index (χ3v) is 3.06. The Balaban J connectivity index is 2.19. The van der Waals surface area contributed by atoms with Crippen LogP contribution >= 0.6 is 0 Å². The summed E-state index contributed by atoms with van der Waals surface area (Å²) in [7, 11) is 0. The highest BCUT2D eigenvalue weighted by molar-refractivity contribution is 5.31. The van der Waals surface area contributed by atoms with E-state index in [9.17, 15) is 0 Å². The summed E-state index contributed by atoms with van der Waals surface area (Å²) in [5, 5.41) is 4.40. The first-order valence-corrected chi connectivity index (χ1v) is 4.91. The zero-order valence-electron chi connectivity index (χ0n) is 8.49. The zero-order chi connectivity index (χ0) is 9.59. The molecule has 0 saturated heterocycles. The van der Waals surface area contributed by atoms with Crippen LogP contribution in [0.1, 0.15) is 32.0 Å². The van der Waals surface area contributed by atoms with E-state index >= 15 is 0 Å². The fourth-order valence-corrected chi connectivity index (χ4v) is 2.07. The van der Waals surface area contributed by atoms with E-state index in [0.717, 1.165) is 23.3 Å². The van der Waals surface area contributed by atoms with Crippen LogP contribution in [0.15, 0.2) is 6.07 Å². The molecule has 2 rings (SSSR count). The van der Waals surface area contributed by atoms with Crippen LogP contribution in [0.25, 0.3) is 0 Å². The summed E-state index contributed by atoms with van der Waals surface area (Å²) < 4.78 is 1.96. The molecule has 3 atom stereocenters. The number of nitrogens with zero attached hydrogens (tertiary/aromatic N) is 2. The Labute approximate surface area is 78.9 Å². The van der Waals surface area contributed by atoms with Crippen molar-refractivity contribution in [2.45, 2.75) is 33.2 Å². The molecule has 0 spiro atoms. The van der Waals surface area contributed by atoms with Gasteiger partial charge in [0.05, 0.1) is 11.7 Å². The summed E-state index contributed by atoms with van der Waals surface area (Å²) in [5.41, 5.74) is 6.87. The van der Waals surface area contributed by atoms with E-state index < -0.39 is 0 Å². The molecule has 3 nitrogen and oxygen atoms in total. The second kappa shape index (κ2) is 2.76. The Morgan fingerprint density at radius 1 is 1.69 bits per heavy atom. The fourth-order valence-electron chi connectivity index (χ4n) is 2.07. The summed E-state index contributed by atoms with van der Waals surface area (Å²) in [6.45, 7) is 6.47. The number of hydrogen-bond acceptors (Lipinski definition) is 2. The van der Waals surface area contributed by atoms with E-state index in [2.05, 4.69) is 18.9 Å². The molecule has 3 heteroatoms. The van der Waals surface area contributed by atoms with E-state index in [-0.39, 0.29) is 0 Å². The number of rotatable bonds is 2. The third-order valence-electron chi connectivity index (χ3n) is 3.06. The molecule has 0 aromatic carbocycles. The molecule has 1 saturated carbocycles. The second-order valence-electron chi connectivity index (χ2n) is 4.27. The van der Waals surface area contributed by atoms with Gasteiger partial charge in [-0.1, -0.05) is 6.92 Å². The predicted octanol–water partition coefficient (Wildman–Crippen LogP) is 1.99. The summed E-state index contributed by atoms with van der Waals surface area (Å²) in [6, 6.07) is 2.40. The molecule has 13 heavy (non-hydrogen) atoms. The molecule has 1 aliphatic carbocycles. The quantitative estimate of drug-likeness (QED) is 0.754. The highest BCUT2D eigenvalue weighted by Gasteiger charge is 2.38. The van der Waals surface area contributed by atoms with Gasteiger partial charge in [0.2, 0.25) is 0 Å². The van der Waals surface area contributed by atoms with E-state index in [1.54, 1.807) is 0 Å². The monoisotopic (exact) mass is 179 g/mol. The predicted molar refractivity (Wildman–Crippen MR) is 53.4 cm³/mol. The van der Waals surface area contributed by atoms with Crippen molar-refractivity contribution in [3.8, 4) is 0 Å². The molecule has 1 aromatic rings. The summed E-state index contributed by atoms with van der Waals surface area (Å²) in [4.78, 5) is 0. The number of nitrogens with two attached hydrogens (primary N) is 1. The molecule has 3 unspecified atom stereocenters. The lowest BCUT2D eigenvalue weighted by atomic mass is 10.2. The first kappa shape index (κ1) is 8.60. The van der Waals surface area contributed by atoms with E-state index in [4.69, 9.17) is 5.73 Å². The summed E-state index contributed by atoms with van der Waals surface area (Å²) in [5.74, 6) is 2.42. The first-order valence-electron chi connectivity index (χ1n) is 4.91. The van der Waals surface area contributed by atoms with Crippen LogP contribution in [-0.2, 0) is 0 Å². The van der Waals surface area contributed by atoms with Crippen molar-refractivity contribution in [1.82, 2.24) is 9.78 Å². The van der Waals surface area contributed by atoms with Gasteiger partial charge in [0.25, 0.3) is 0 Å². The lowest BCUT2D eigenvalue weighted by Gasteiger charge is -2.12. The topological polar surface area (TPSA) is 43.8 Å². The van der Waals surface area contributed by atoms with E-state index in [0.29, 0.717) is 6.04 Å². The van der Waals surface area contributed by atoms with Crippen molar-refractivity contribution in [2.24, 2.45) is 11.8 Å². The van der Waals surface area contributed by atoms with Gasteiger partial charge >= 0.3 is 0 Å². The van der Waals surface area contributed by atoms with Crippen molar-refractivity contribution in [3.63, 3.8) is 0 Å². The standard InChI is InChI=1S/C10H17N3/c1-6-4-9(6)8(3)13-10(11)5-7(2)12-13/h5-6,8-9H,4,11H2,1-3H3. The van der Waals surface area contributed by atoms with Crippen LogP contribution in [0.4, 0.5) is 5.82 Å². The molecule has 72 valence electrons.